The van der Waals surface area contributed by atoms with E-state index in [1.54, 1.807) is 0 Å². The lowest BCUT2D eigenvalue weighted by atomic mass is 10.1. The first-order valence-corrected chi connectivity index (χ1v) is 8.18. The van der Waals surface area contributed by atoms with Gasteiger partial charge in [0, 0.05) is 6.54 Å². The molecule has 5 heteroatoms. The average molecular weight is 325 g/mol. The van der Waals surface area contributed by atoms with E-state index >= 15 is 0 Å². The van der Waals surface area contributed by atoms with Crippen LogP contribution < -0.4 is 5.32 Å². The molecule has 0 aliphatic heterocycles. The summed E-state index contributed by atoms with van der Waals surface area (Å²) < 4.78 is 0. The second-order valence-corrected chi connectivity index (χ2v) is 6.85. The van der Waals surface area contributed by atoms with Gasteiger partial charge >= 0.3 is 0 Å². The highest BCUT2D eigenvalue weighted by molar-refractivity contribution is 6.34. The number of hydrogen-bond donors (Lipinski definition) is 2. The molecular weight excluding hydrogens is 300 g/mol. The molecule has 0 saturated heterocycles. The maximum atomic E-state index is 12.2. The number of hydrogen-bond acceptors (Lipinski definition) is 3. The number of aliphatic hydroxyl groups is 1. The highest BCUT2D eigenvalue weighted by Crippen LogP contribution is 2.28. The molecule has 1 aromatic rings. The number of nitrogens with one attached hydrogen (secondary N) is 1. The zero-order valence-corrected chi connectivity index (χ0v) is 14.3. The van der Waals surface area contributed by atoms with E-state index in [0.29, 0.717) is 17.3 Å². The van der Waals surface area contributed by atoms with Crippen LogP contribution in [0.25, 0.3) is 0 Å². The minimum atomic E-state index is -0.223. The number of aliphatic hydroxyl groups excluding tert-OH is 1. The van der Waals surface area contributed by atoms with Crippen LogP contribution in [0.1, 0.15) is 30.4 Å². The van der Waals surface area contributed by atoms with Crippen molar-refractivity contribution in [3.8, 4) is 0 Å². The van der Waals surface area contributed by atoms with Crippen LogP contribution in [0.4, 0.5) is 5.69 Å². The molecule has 1 saturated carbocycles. The van der Waals surface area contributed by atoms with Crippen molar-refractivity contribution in [2.75, 3.05) is 25.5 Å². The molecule has 2 atom stereocenters. The smallest absolute Gasteiger partial charge is 0.238 e. The Labute approximate surface area is 137 Å². The fraction of sp³-hybridized carbons (Fsp3) is 0.588. The number of halogens is 1. The molecule has 2 rings (SSSR count). The number of likely N-dealkylation sites (N-methyl/N-ethyl adjacent to an activating group) is 1. The number of aryl methyl sites for hydroxylation is 2. The molecule has 0 radical (unpaired) electrons. The van der Waals surface area contributed by atoms with Crippen molar-refractivity contribution < 1.29 is 9.90 Å². The van der Waals surface area contributed by atoms with Gasteiger partial charge in [-0.15, -0.1) is 0 Å². The van der Waals surface area contributed by atoms with Crippen LogP contribution in [-0.2, 0) is 4.79 Å². The lowest BCUT2D eigenvalue weighted by Crippen LogP contribution is -2.35. The first-order valence-electron chi connectivity index (χ1n) is 7.80. The largest absolute Gasteiger partial charge is 0.393 e. The van der Waals surface area contributed by atoms with E-state index in [1.165, 1.54) is 0 Å². The number of nitrogens with zero attached hydrogens (tertiary/aromatic N) is 1. The number of amides is 1. The number of rotatable bonds is 5. The minimum absolute atomic E-state index is 0.0798. The Morgan fingerprint density at radius 2 is 2.14 bits per heavy atom. The lowest BCUT2D eigenvalue weighted by molar-refractivity contribution is -0.117. The lowest BCUT2D eigenvalue weighted by Gasteiger charge is -2.23. The Kier molecular flexibility index (Phi) is 5.84. The third-order valence-electron chi connectivity index (χ3n) is 4.27. The molecular formula is C17H25ClN2O2. The summed E-state index contributed by atoms with van der Waals surface area (Å²) in [4.78, 5) is 14.2. The van der Waals surface area contributed by atoms with Gasteiger partial charge in [-0.3, -0.25) is 9.69 Å². The van der Waals surface area contributed by atoms with E-state index in [9.17, 15) is 9.90 Å². The van der Waals surface area contributed by atoms with Gasteiger partial charge in [0.05, 0.1) is 23.4 Å². The number of carbonyl (C=O) groups is 1. The molecule has 4 nitrogen and oxygen atoms in total. The molecule has 0 spiro atoms. The highest BCUT2D eigenvalue weighted by Gasteiger charge is 2.26. The van der Waals surface area contributed by atoms with Gasteiger partial charge in [0.2, 0.25) is 5.91 Å². The van der Waals surface area contributed by atoms with E-state index < -0.39 is 0 Å². The van der Waals surface area contributed by atoms with Crippen molar-refractivity contribution in [1.29, 1.82) is 0 Å². The number of anilines is 1. The van der Waals surface area contributed by atoms with Crippen LogP contribution in [-0.4, -0.2) is 42.2 Å². The van der Waals surface area contributed by atoms with Crippen molar-refractivity contribution in [2.45, 2.75) is 39.2 Å². The summed E-state index contributed by atoms with van der Waals surface area (Å²) in [5, 5.41) is 13.3. The average Bonchev–Trinajstić information content (AvgIpc) is 2.79. The second kappa shape index (κ2) is 7.44. The molecule has 1 aliphatic rings. The fourth-order valence-electron chi connectivity index (χ4n) is 3.19. The summed E-state index contributed by atoms with van der Waals surface area (Å²) in [5.41, 5.74) is 2.73. The monoisotopic (exact) mass is 324 g/mol. The normalized spacial score (nSPS) is 21.4. The standard InChI is InChI=1S/C17H25ClN2O2/c1-11-7-12(2)17(14(18)8-11)19-16(22)10-20(3)9-13-5-4-6-15(13)21/h7-8,13,15,21H,4-6,9-10H2,1-3H3,(H,19,22). The summed E-state index contributed by atoms with van der Waals surface area (Å²) in [5.74, 6) is 0.200. The van der Waals surface area contributed by atoms with Gasteiger partial charge in [0.15, 0.2) is 0 Å². The predicted molar refractivity (Wildman–Crippen MR) is 90.4 cm³/mol. The maximum Gasteiger partial charge on any atom is 0.238 e. The topological polar surface area (TPSA) is 52.6 Å². The molecule has 1 fully saturated rings. The molecule has 1 aromatic carbocycles. The first kappa shape index (κ1) is 17.3. The Hall–Kier alpha value is -1.10. The van der Waals surface area contributed by atoms with Crippen molar-refractivity contribution in [3.05, 3.63) is 28.3 Å². The second-order valence-electron chi connectivity index (χ2n) is 6.44. The van der Waals surface area contributed by atoms with E-state index in [0.717, 1.165) is 36.9 Å². The third kappa shape index (κ3) is 4.45. The summed E-state index contributed by atoms with van der Waals surface area (Å²) in [6, 6.07) is 3.85. The maximum absolute atomic E-state index is 12.2. The molecule has 122 valence electrons. The van der Waals surface area contributed by atoms with Crippen LogP contribution in [0.2, 0.25) is 5.02 Å². The van der Waals surface area contributed by atoms with Crippen LogP contribution >= 0.6 is 11.6 Å². The van der Waals surface area contributed by atoms with E-state index in [2.05, 4.69) is 5.32 Å². The molecule has 2 unspecified atom stereocenters. The van der Waals surface area contributed by atoms with Gasteiger partial charge < -0.3 is 10.4 Å². The molecule has 1 aliphatic carbocycles. The van der Waals surface area contributed by atoms with E-state index in [4.69, 9.17) is 11.6 Å². The van der Waals surface area contributed by atoms with Gasteiger partial charge in [0.1, 0.15) is 0 Å². The summed E-state index contributed by atoms with van der Waals surface area (Å²) in [6.07, 6.45) is 2.77. The van der Waals surface area contributed by atoms with Gasteiger partial charge in [-0.1, -0.05) is 24.1 Å². The molecule has 0 heterocycles. The SMILES string of the molecule is Cc1cc(C)c(NC(=O)CN(C)CC2CCCC2O)c(Cl)c1. The Balaban J connectivity index is 1.90. The molecule has 22 heavy (non-hydrogen) atoms. The van der Waals surface area contributed by atoms with Crippen LogP contribution in [0.15, 0.2) is 12.1 Å². The molecule has 1 amide bonds. The van der Waals surface area contributed by atoms with Crippen LogP contribution in [0.3, 0.4) is 0 Å². The first-order chi connectivity index (χ1) is 10.4. The summed E-state index contributed by atoms with van der Waals surface area (Å²) >= 11 is 6.21. The Morgan fingerprint density at radius 1 is 1.41 bits per heavy atom. The van der Waals surface area contributed by atoms with Crippen LogP contribution in [0, 0.1) is 19.8 Å². The van der Waals surface area contributed by atoms with Gasteiger partial charge in [0.25, 0.3) is 0 Å². The third-order valence-corrected chi connectivity index (χ3v) is 4.57. The Bertz CT molecular complexity index is 524. The van der Waals surface area contributed by atoms with Crippen molar-refractivity contribution in [3.63, 3.8) is 0 Å². The van der Waals surface area contributed by atoms with E-state index in [1.807, 2.05) is 37.9 Å². The van der Waals surface area contributed by atoms with Crippen LogP contribution in [0.5, 0.6) is 0 Å². The quantitative estimate of drug-likeness (QED) is 0.875. The van der Waals surface area contributed by atoms with Crippen molar-refractivity contribution in [1.82, 2.24) is 4.90 Å². The number of carbonyl (C=O) groups excluding carboxylic acids is 1. The molecule has 0 aromatic heterocycles. The predicted octanol–water partition coefficient (Wildman–Crippen LogP) is 2.99. The summed E-state index contributed by atoms with van der Waals surface area (Å²) in [6.45, 7) is 4.96. The van der Waals surface area contributed by atoms with Crippen molar-refractivity contribution >= 4 is 23.2 Å². The highest BCUT2D eigenvalue weighted by atomic mass is 35.5. The molecule has 2 N–H and O–H groups in total. The minimum Gasteiger partial charge on any atom is -0.393 e. The van der Waals surface area contributed by atoms with E-state index in [-0.39, 0.29) is 17.9 Å². The van der Waals surface area contributed by atoms with Gasteiger partial charge in [-0.25, -0.2) is 0 Å². The molecule has 0 bridgehead atoms. The van der Waals surface area contributed by atoms with Gasteiger partial charge in [-0.2, -0.15) is 0 Å². The summed E-state index contributed by atoms with van der Waals surface area (Å²) in [7, 11) is 1.91. The zero-order chi connectivity index (χ0) is 16.3. The fourth-order valence-corrected chi connectivity index (χ4v) is 3.56. The Morgan fingerprint density at radius 3 is 2.73 bits per heavy atom. The number of benzene rings is 1. The van der Waals surface area contributed by atoms with Gasteiger partial charge in [-0.05, 0) is 56.8 Å². The zero-order valence-electron chi connectivity index (χ0n) is 13.5. The van der Waals surface area contributed by atoms with Crippen molar-refractivity contribution in [2.24, 2.45) is 5.92 Å².